The predicted octanol–water partition coefficient (Wildman–Crippen LogP) is 3.00. The second kappa shape index (κ2) is 8.31. The van der Waals surface area contributed by atoms with Crippen molar-refractivity contribution in [3.05, 3.63) is 48.0 Å². The van der Waals surface area contributed by atoms with Gasteiger partial charge in [-0.3, -0.25) is 14.5 Å². The van der Waals surface area contributed by atoms with Gasteiger partial charge in [-0.05, 0) is 43.0 Å². The van der Waals surface area contributed by atoms with Gasteiger partial charge in [0.25, 0.3) is 5.91 Å². The predicted molar refractivity (Wildman–Crippen MR) is 111 cm³/mol. The summed E-state index contributed by atoms with van der Waals surface area (Å²) in [6.45, 7) is 6.36. The van der Waals surface area contributed by atoms with Crippen LogP contribution in [0.2, 0.25) is 0 Å². The van der Waals surface area contributed by atoms with Crippen LogP contribution < -0.4 is 0 Å². The lowest BCUT2D eigenvalue weighted by Crippen LogP contribution is -2.53. The highest BCUT2D eigenvalue weighted by atomic mass is 16.2. The third-order valence-corrected chi connectivity index (χ3v) is 6.16. The molecule has 0 bridgehead atoms. The van der Waals surface area contributed by atoms with Gasteiger partial charge < -0.3 is 9.80 Å². The van der Waals surface area contributed by atoms with Crippen LogP contribution in [0.15, 0.2) is 42.5 Å². The molecule has 5 nitrogen and oxygen atoms in total. The number of fused-ring (bicyclic) bond motifs is 1. The Balaban J connectivity index is 1.36. The van der Waals surface area contributed by atoms with Crippen LogP contribution in [0.25, 0.3) is 10.8 Å². The number of amides is 2. The van der Waals surface area contributed by atoms with Crippen LogP contribution in [-0.2, 0) is 4.79 Å². The van der Waals surface area contributed by atoms with Gasteiger partial charge in [0.1, 0.15) is 0 Å². The molecule has 0 saturated carbocycles. The topological polar surface area (TPSA) is 43.9 Å². The summed E-state index contributed by atoms with van der Waals surface area (Å²) in [6, 6.07) is 14.3. The zero-order chi connectivity index (χ0) is 19.5. The minimum Gasteiger partial charge on any atom is -0.339 e. The van der Waals surface area contributed by atoms with E-state index < -0.39 is 0 Å². The van der Waals surface area contributed by atoms with Crippen molar-refractivity contribution in [2.45, 2.75) is 32.2 Å². The summed E-state index contributed by atoms with van der Waals surface area (Å²) in [4.78, 5) is 31.9. The highest BCUT2D eigenvalue weighted by molar-refractivity contribution is 6.07. The highest BCUT2D eigenvalue weighted by Gasteiger charge is 2.28. The summed E-state index contributed by atoms with van der Waals surface area (Å²) < 4.78 is 0. The Hall–Kier alpha value is -2.40. The molecule has 4 rings (SSSR count). The van der Waals surface area contributed by atoms with Crippen molar-refractivity contribution in [3.8, 4) is 0 Å². The second-order valence-corrected chi connectivity index (χ2v) is 8.03. The number of piperazine rings is 1. The van der Waals surface area contributed by atoms with E-state index in [4.69, 9.17) is 0 Å². The van der Waals surface area contributed by atoms with E-state index in [1.807, 2.05) is 52.3 Å². The van der Waals surface area contributed by atoms with E-state index >= 15 is 0 Å². The minimum absolute atomic E-state index is 0.0902. The largest absolute Gasteiger partial charge is 0.339 e. The Kier molecular flexibility index (Phi) is 5.62. The highest BCUT2D eigenvalue weighted by Crippen LogP contribution is 2.21. The molecule has 0 aliphatic carbocycles. The van der Waals surface area contributed by atoms with E-state index in [1.54, 1.807) is 0 Å². The van der Waals surface area contributed by atoms with Crippen molar-refractivity contribution in [2.24, 2.45) is 0 Å². The van der Waals surface area contributed by atoms with Crippen molar-refractivity contribution in [1.29, 1.82) is 0 Å². The molecule has 1 unspecified atom stereocenters. The summed E-state index contributed by atoms with van der Waals surface area (Å²) in [5.41, 5.74) is 0.768. The van der Waals surface area contributed by atoms with Crippen molar-refractivity contribution in [2.75, 3.05) is 39.3 Å². The monoisotopic (exact) mass is 379 g/mol. The number of likely N-dealkylation sites (tertiary alicyclic amines) is 1. The van der Waals surface area contributed by atoms with Crippen molar-refractivity contribution in [3.63, 3.8) is 0 Å². The summed E-state index contributed by atoms with van der Waals surface area (Å²) in [5, 5.41) is 2.10. The third kappa shape index (κ3) is 3.90. The number of hydrogen-bond acceptors (Lipinski definition) is 3. The summed E-state index contributed by atoms with van der Waals surface area (Å²) in [7, 11) is 0. The Labute approximate surface area is 166 Å². The quantitative estimate of drug-likeness (QED) is 0.823. The Morgan fingerprint density at radius 2 is 1.68 bits per heavy atom. The van der Waals surface area contributed by atoms with Crippen LogP contribution in [0.1, 0.15) is 36.5 Å². The van der Waals surface area contributed by atoms with Gasteiger partial charge in [0.2, 0.25) is 5.91 Å². The van der Waals surface area contributed by atoms with Crippen molar-refractivity contribution >= 4 is 22.6 Å². The molecule has 2 saturated heterocycles. The maximum absolute atomic E-state index is 13.1. The number of benzene rings is 2. The summed E-state index contributed by atoms with van der Waals surface area (Å²) in [5.74, 6) is 0.327. The van der Waals surface area contributed by atoms with Crippen LogP contribution >= 0.6 is 0 Å². The van der Waals surface area contributed by atoms with Crippen LogP contribution in [-0.4, -0.2) is 71.8 Å². The Morgan fingerprint density at radius 3 is 2.46 bits per heavy atom. The lowest BCUT2D eigenvalue weighted by Gasteiger charge is -2.38. The molecule has 5 heteroatoms. The molecule has 0 spiro atoms. The first-order valence-corrected chi connectivity index (χ1v) is 10.4. The van der Waals surface area contributed by atoms with Crippen LogP contribution in [0, 0.1) is 0 Å². The zero-order valence-corrected chi connectivity index (χ0v) is 16.6. The minimum atomic E-state index is 0.0902. The van der Waals surface area contributed by atoms with E-state index in [0.717, 1.165) is 48.8 Å². The SMILES string of the molecule is CC1CCCCN1C(=O)CN1CCN(C(=O)c2cccc3ccccc23)CC1. The normalized spacial score (nSPS) is 21.1. The molecule has 0 radical (unpaired) electrons. The number of piperidine rings is 1. The van der Waals surface area contributed by atoms with Crippen molar-refractivity contribution < 1.29 is 9.59 Å². The number of hydrogen-bond donors (Lipinski definition) is 0. The van der Waals surface area contributed by atoms with Gasteiger partial charge >= 0.3 is 0 Å². The average Bonchev–Trinajstić information content (AvgIpc) is 2.73. The first kappa shape index (κ1) is 18.9. The molecular formula is C23H29N3O2. The smallest absolute Gasteiger partial charge is 0.254 e. The van der Waals surface area contributed by atoms with Crippen LogP contribution in [0.5, 0.6) is 0 Å². The number of carbonyl (C=O) groups excluding carboxylic acids is 2. The number of nitrogens with zero attached hydrogens (tertiary/aromatic N) is 3. The Bertz CT molecular complexity index is 853. The fraction of sp³-hybridized carbons (Fsp3) is 0.478. The molecule has 2 aliphatic heterocycles. The van der Waals surface area contributed by atoms with E-state index in [-0.39, 0.29) is 11.8 Å². The van der Waals surface area contributed by atoms with E-state index in [9.17, 15) is 9.59 Å². The van der Waals surface area contributed by atoms with E-state index in [1.165, 1.54) is 6.42 Å². The van der Waals surface area contributed by atoms with E-state index in [2.05, 4.69) is 11.8 Å². The first-order valence-electron chi connectivity index (χ1n) is 10.4. The van der Waals surface area contributed by atoms with E-state index in [0.29, 0.717) is 25.7 Å². The number of rotatable bonds is 3. The van der Waals surface area contributed by atoms with Gasteiger partial charge in [-0.1, -0.05) is 36.4 Å². The van der Waals surface area contributed by atoms with Gasteiger partial charge in [-0.15, -0.1) is 0 Å². The van der Waals surface area contributed by atoms with Gasteiger partial charge in [-0.2, -0.15) is 0 Å². The summed E-state index contributed by atoms with van der Waals surface area (Å²) in [6.07, 6.45) is 3.45. The molecule has 28 heavy (non-hydrogen) atoms. The lowest BCUT2D eigenvalue weighted by atomic mass is 10.0. The molecule has 148 valence electrons. The second-order valence-electron chi connectivity index (χ2n) is 8.03. The van der Waals surface area contributed by atoms with Crippen LogP contribution in [0.4, 0.5) is 0 Å². The fourth-order valence-corrected chi connectivity index (χ4v) is 4.44. The molecule has 2 aliphatic rings. The van der Waals surface area contributed by atoms with Gasteiger partial charge in [-0.25, -0.2) is 0 Å². The summed E-state index contributed by atoms with van der Waals surface area (Å²) >= 11 is 0. The molecule has 2 amide bonds. The first-order chi connectivity index (χ1) is 13.6. The molecule has 2 fully saturated rings. The number of carbonyl (C=O) groups is 2. The molecule has 2 aromatic rings. The van der Waals surface area contributed by atoms with Gasteiger partial charge in [0.15, 0.2) is 0 Å². The fourth-order valence-electron chi connectivity index (χ4n) is 4.44. The maximum Gasteiger partial charge on any atom is 0.254 e. The van der Waals surface area contributed by atoms with Crippen LogP contribution in [0.3, 0.4) is 0 Å². The average molecular weight is 380 g/mol. The van der Waals surface area contributed by atoms with Crippen molar-refractivity contribution in [1.82, 2.24) is 14.7 Å². The zero-order valence-electron chi connectivity index (χ0n) is 16.6. The maximum atomic E-state index is 13.1. The molecule has 0 N–H and O–H groups in total. The molecule has 0 aromatic heterocycles. The Morgan fingerprint density at radius 1 is 0.929 bits per heavy atom. The van der Waals surface area contributed by atoms with Gasteiger partial charge in [0, 0.05) is 44.3 Å². The van der Waals surface area contributed by atoms with Gasteiger partial charge in [0.05, 0.1) is 6.54 Å². The molecule has 1 atom stereocenters. The third-order valence-electron chi connectivity index (χ3n) is 6.16. The molecule has 2 heterocycles. The standard InChI is InChI=1S/C23H29N3O2/c1-18-7-4-5-12-26(18)22(27)17-24-13-15-25(16-14-24)23(28)21-11-6-9-19-8-2-3-10-20(19)21/h2-3,6,8-11,18H,4-5,7,12-17H2,1H3. The molecular weight excluding hydrogens is 350 g/mol. The molecule has 2 aromatic carbocycles. The lowest BCUT2D eigenvalue weighted by molar-refractivity contribution is -0.136.